The lowest BCUT2D eigenvalue weighted by atomic mass is 9.75. The molecule has 2 atom stereocenters. The first-order chi connectivity index (χ1) is 14.0. The molecule has 4 heterocycles. The number of carbonyl (C=O) groups is 2. The number of hydrogen-bond acceptors (Lipinski definition) is 5. The summed E-state index contributed by atoms with van der Waals surface area (Å²) in [6.07, 6.45) is 7.11. The molecule has 1 saturated carbocycles. The number of amides is 2. The van der Waals surface area contributed by atoms with Gasteiger partial charge in [0, 0.05) is 44.2 Å². The van der Waals surface area contributed by atoms with Crippen LogP contribution >= 0.6 is 0 Å². The first-order valence-corrected chi connectivity index (χ1v) is 11.2. The van der Waals surface area contributed by atoms with Crippen LogP contribution in [0.1, 0.15) is 60.3 Å². The number of aromatic nitrogens is 1. The maximum Gasteiger partial charge on any atom is 0.259 e. The molecule has 29 heavy (non-hydrogen) atoms. The highest BCUT2D eigenvalue weighted by Crippen LogP contribution is 2.44. The molecule has 7 heteroatoms. The lowest BCUT2D eigenvalue weighted by molar-refractivity contribution is -0.123. The number of rotatable bonds is 3. The van der Waals surface area contributed by atoms with E-state index in [9.17, 15) is 9.59 Å². The van der Waals surface area contributed by atoms with Crippen molar-refractivity contribution in [1.29, 1.82) is 0 Å². The molecule has 5 rings (SSSR count). The Bertz CT molecular complexity index is 785. The van der Waals surface area contributed by atoms with Gasteiger partial charge in [-0.05, 0) is 45.4 Å². The van der Waals surface area contributed by atoms with Gasteiger partial charge in [0.1, 0.15) is 11.3 Å². The zero-order valence-electron chi connectivity index (χ0n) is 17.6. The Hall–Kier alpha value is -1.89. The highest BCUT2D eigenvalue weighted by atomic mass is 16.5. The van der Waals surface area contributed by atoms with Crippen LogP contribution in [0.25, 0.3) is 0 Å². The van der Waals surface area contributed by atoms with Crippen molar-refractivity contribution in [1.82, 2.24) is 20.3 Å². The smallest absolute Gasteiger partial charge is 0.259 e. The predicted molar refractivity (Wildman–Crippen MR) is 107 cm³/mol. The number of hydrogen-bond donors (Lipinski definition) is 1. The van der Waals surface area contributed by atoms with Crippen LogP contribution < -0.4 is 5.32 Å². The van der Waals surface area contributed by atoms with Crippen LogP contribution in [0.15, 0.2) is 4.52 Å². The fourth-order valence-electron chi connectivity index (χ4n) is 6.40. The normalized spacial score (nSPS) is 29.6. The van der Waals surface area contributed by atoms with Crippen LogP contribution in [-0.4, -0.2) is 65.0 Å². The van der Waals surface area contributed by atoms with E-state index < -0.39 is 0 Å². The van der Waals surface area contributed by atoms with Crippen LogP contribution in [0.2, 0.25) is 0 Å². The van der Waals surface area contributed by atoms with Crippen LogP contribution in [0.5, 0.6) is 0 Å². The van der Waals surface area contributed by atoms with Gasteiger partial charge < -0.3 is 19.6 Å². The van der Waals surface area contributed by atoms with Crippen LogP contribution in [-0.2, 0) is 4.79 Å². The topological polar surface area (TPSA) is 78.7 Å². The van der Waals surface area contributed by atoms with Gasteiger partial charge in [0.25, 0.3) is 5.91 Å². The number of nitrogens with zero attached hydrogens (tertiary/aromatic N) is 3. The van der Waals surface area contributed by atoms with Gasteiger partial charge in [-0.25, -0.2) is 0 Å². The van der Waals surface area contributed by atoms with Crippen molar-refractivity contribution in [2.75, 3.05) is 32.7 Å². The lowest BCUT2D eigenvalue weighted by Gasteiger charge is -2.42. The molecule has 0 radical (unpaired) electrons. The summed E-state index contributed by atoms with van der Waals surface area (Å²) in [5.41, 5.74) is 1.11. The Kier molecular flexibility index (Phi) is 4.68. The van der Waals surface area contributed by atoms with E-state index in [2.05, 4.69) is 15.4 Å². The first kappa shape index (κ1) is 19.1. The first-order valence-electron chi connectivity index (χ1n) is 11.2. The Labute approximate surface area is 172 Å². The number of aryl methyl sites for hydroxylation is 2. The molecule has 1 aliphatic carbocycles. The van der Waals surface area contributed by atoms with Crippen molar-refractivity contribution in [3.8, 4) is 0 Å². The van der Waals surface area contributed by atoms with Gasteiger partial charge in [-0.2, -0.15) is 0 Å². The zero-order valence-corrected chi connectivity index (χ0v) is 17.6. The third kappa shape index (κ3) is 3.18. The minimum Gasteiger partial charge on any atom is -0.361 e. The van der Waals surface area contributed by atoms with Crippen LogP contribution in [0.4, 0.5) is 0 Å². The monoisotopic (exact) mass is 400 g/mol. The van der Waals surface area contributed by atoms with E-state index in [4.69, 9.17) is 4.52 Å². The van der Waals surface area contributed by atoms with Crippen molar-refractivity contribution in [2.24, 2.45) is 17.8 Å². The number of nitrogens with one attached hydrogen (secondary N) is 1. The van der Waals surface area contributed by atoms with Crippen LogP contribution in [0, 0.1) is 31.6 Å². The molecule has 3 aliphatic heterocycles. The molecule has 1 spiro atoms. The molecule has 3 saturated heterocycles. The molecular formula is C22H32N4O3. The summed E-state index contributed by atoms with van der Waals surface area (Å²) in [5.74, 6) is 2.15. The molecule has 0 unspecified atom stereocenters. The Morgan fingerprint density at radius 2 is 1.93 bits per heavy atom. The highest BCUT2D eigenvalue weighted by molar-refractivity contribution is 5.96. The van der Waals surface area contributed by atoms with Crippen LogP contribution in [0.3, 0.4) is 0 Å². The maximum atomic E-state index is 13.0. The molecule has 1 aromatic heterocycles. The minimum absolute atomic E-state index is 0.00579. The Morgan fingerprint density at radius 1 is 1.21 bits per heavy atom. The predicted octanol–water partition coefficient (Wildman–Crippen LogP) is 2.13. The summed E-state index contributed by atoms with van der Waals surface area (Å²) in [6.45, 7) is 8.05. The summed E-state index contributed by atoms with van der Waals surface area (Å²) in [6, 6.07) is 0. The van der Waals surface area contributed by atoms with Gasteiger partial charge >= 0.3 is 0 Å². The van der Waals surface area contributed by atoms with Crippen molar-refractivity contribution >= 4 is 11.8 Å². The van der Waals surface area contributed by atoms with Gasteiger partial charge in [-0.15, -0.1) is 0 Å². The Morgan fingerprint density at radius 3 is 2.59 bits per heavy atom. The third-order valence-electron chi connectivity index (χ3n) is 8.00. The van der Waals surface area contributed by atoms with E-state index in [0.717, 1.165) is 38.4 Å². The number of carbonyl (C=O) groups excluding carboxylic acids is 2. The van der Waals surface area contributed by atoms with E-state index >= 15 is 0 Å². The molecular weight excluding hydrogens is 368 g/mol. The van der Waals surface area contributed by atoms with Gasteiger partial charge in [0.2, 0.25) is 5.91 Å². The zero-order chi connectivity index (χ0) is 20.2. The molecule has 0 bridgehead atoms. The standard InChI is InChI=1S/C22H32N4O3/c1-14-19(15(2)29-24-14)21(28)26-9-7-22(8-10-26)18-13-25(11-16-5-3-4-6-16)12-17(18)20(27)23-22/h16-18H,3-13H2,1-2H3,(H,23,27)/t17-,18+/m1/s1. The molecule has 0 aromatic carbocycles. The molecule has 1 aromatic rings. The number of likely N-dealkylation sites (tertiary alicyclic amines) is 2. The second-order valence-corrected chi connectivity index (χ2v) is 9.72. The maximum absolute atomic E-state index is 13.0. The van der Waals surface area contributed by atoms with Gasteiger partial charge in [0.05, 0.1) is 11.6 Å². The van der Waals surface area contributed by atoms with Crippen molar-refractivity contribution < 1.29 is 14.1 Å². The molecule has 4 fully saturated rings. The fourth-order valence-corrected chi connectivity index (χ4v) is 6.40. The summed E-state index contributed by atoms with van der Waals surface area (Å²) in [4.78, 5) is 30.2. The van der Waals surface area contributed by atoms with Gasteiger partial charge in [-0.3, -0.25) is 9.59 Å². The molecule has 7 nitrogen and oxygen atoms in total. The number of fused-ring (bicyclic) bond motifs is 2. The van der Waals surface area contributed by atoms with Crippen molar-refractivity contribution in [3.05, 3.63) is 17.0 Å². The molecule has 1 N–H and O–H groups in total. The summed E-state index contributed by atoms with van der Waals surface area (Å²) >= 11 is 0. The quantitative estimate of drug-likeness (QED) is 0.841. The second-order valence-electron chi connectivity index (χ2n) is 9.72. The Balaban J connectivity index is 1.25. The SMILES string of the molecule is Cc1noc(C)c1C(=O)N1CCC2(CC1)NC(=O)[C@@H]1CN(CC3CCCC3)C[C@@H]12. The number of piperidine rings is 1. The van der Waals surface area contributed by atoms with E-state index in [0.29, 0.717) is 36.0 Å². The van der Waals surface area contributed by atoms with E-state index in [1.807, 2.05) is 11.8 Å². The summed E-state index contributed by atoms with van der Waals surface area (Å²) < 4.78 is 5.18. The molecule has 4 aliphatic rings. The van der Waals surface area contributed by atoms with Gasteiger partial charge in [-0.1, -0.05) is 18.0 Å². The second kappa shape index (κ2) is 7.11. The summed E-state index contributed by atoms with van der Waals surface area (Å²) in [7, 11) is 0. The van der Waals surface area contributed by atoms with Crippen molar-refractivity contribution in [2.45, 2.75) is 57.9 Å². The molecule has 158 valence electrons. The van der Waals surface area contributed by atoms with E-state index in [1.54, 1.807) is 6.92 Å². The van der Waals surface area contributed by atoms with Gasteiger partial charge in [0.15, 0.2) is 0 Å². The lowest BCUT2D eigenvalue weighted by Crippen LogP contribution is -2.56. The van der Waals surface area contributed by atoms with E-state index in [-0.39, 0.29) is 23.3 Å². The van der Waals surface area contributed by atoms with Crippen molar-refractivity contribution in [3.63, 3.8) is 0 Å². The average molecular weight is 401 g/mol. The molecule has 2 amide bonds. The average Bonchev–Trinajstić information content (AvgIpc) is 3.46. The highest BCUT2D eigenvalue weighted by Gasteiger charge is 2.57. The minimum atomic E-state index is -0.137. The fraction of sp³-hybridized carbons (Fsp3) is 0.773. The largest absolute Gasteiger partial charge is 0.361 e. The van der Waals surface area contributed by atoms with E-state index in [1.165, 1.54) is 25.7 Å². The summed E-state index contributed by atoms with van der Waals surface area (Å²) in [5, 5.41) is 7.29. The third-order valence-corrected chi connectivity index (χ3v) is 8.00.